The van der Waals surface area contributed by atoms with Crippen molar-refractivity contribution in [1.82, 2.24) is 15.1 Å². The monoisotopic (exact) mass is 322 g/mol. The van der Waals surface area contributed by atoms with Crippen LogP contribution in [0.5, 0.6) is 0 Å². The molecule has 3 fully saturated rings. The van der Waals surface area contributed by atoms with Gasteiger partial charge in [-0.25, -0.2) is 9.69 Å². The zero-order valence-electron chi connectivity index (χ0n) is 13.7. The Bertz CT molecular complexity index is 513. The van der Waals surface area contributed by atoms with Crippen LogP contribution in [-0.2, 0) is 9.59 Å². The quantitative estimate of drug-likeness (QED) is 0.751. The van der Waals surface area contributed by atoms with Gasteiger partial charge in [0.05, 0.1) is 12.7 Å². The molecule has 1 unspecified atom stereocenters. The van der Waals surface area contributed by atoms with E-state index in [-0.39, 0.29) is 30.6 Å². The molecule has 4 amide bonds. The van der Waals surface area contributed by atoms with Gasteiger partial charge in [-0.2, -0.15) is 0 Å². The predicted molar refractivity (Wildman–Crippen MR) is 84.1 cm³/mol. The third-order valence-corrected chi connectivity index (χ3v) is 5.64. The normalized spacial score (nSPS) is 35.6. The van der Waals surface area contributed by atoms with Crippen LogP contribution in [0.25, 0.3) is 0 Å². The molecule has 1 atom stereocenters. The van der Waals surface area contributed by atoms with Gasteiger partial charge in [-0.05, 0) is 44.4 Å². The lowest BCUT2D eigenvalue weighted by Crippen LogP contribution is -2.54. The fourth-order valence-corrected chi connectivity index (χ4v) is 4.06. The molecule has 3 rings (SSSR count). The van der Waals surface area contributed by atoms with Crippen LogP contribution in [0, 0.1) is 5.92 Å². The van der Waals surface area contributed by atoms with Crippen molar-refractivity contribution in [3.63, 3.8) is 0 Å². The molecule has 0 bridgehead atoms. The second kappa shape index (κ2) is 6.11. The van der Waals surface area contributed by atoms with Crippen LogP contribution in [0.2, 0.25) is 0 Å². The van der Waals surface area contributed by atoms with Gasteiger partial charge >= 0.3 is 6.03 Å². The number of urea groups is 1. The zero-order chi connectivity index (χ0) is 16.6. The topological polar surface area (TPSA) is 95.7 Å². The first kappa shape index (κ1) is 16.2. The summed E-state index contributed by atoms with van der Waals surface area (Å²) in [6.45, 7) is 3.03. The lowest BCUT2D eigenvalue weighted by Gasteiger charge is -2.36. The first-order valence-corrected chi connectivity index (χ1v) is 8.60. The highest BCUT2D eigenvalue weighted by molar-refractivity contribution is 6.07. The summed E-state index contributed by atoms with van der Waals surface area (Å²) < 4.78 is 0. The highest BCUT2D eigenvalue weighted by Crippen LogP contribution is 2.36. The van der Waals surface area contributed by atoms with Crippen LogP contribution < -0.4 is 11.1 Å². The molecular formula is C16H26N4O3. The smallest absolute Gasteiger partial charge is 0.326 e. The van der Waals surface area contributed by atoms with Crippen LogP contribution in [-0.4, -0.2) is 52.4 Å². The molecule has 7 nitrogen and oxygen atoms in total. The van der Waals surface area contributed by atoms with E-state index in [1.807, 2.05) is 4.90 Å². The van der Waals surface area contributed by atoms with Gasteiger partial charge in [-0.3, -0.25) is 14.5 Å². The molecule has 2 saturated heterocycles. The van der Waals surface area contributed by atoms with Gasteiger partial charge in [0.1, 0.15) is 5.54 Å². The summed E-state index contributed by atoms with van der Waals surface area (Å²) >= 11 is 0. The molecule has 7 heteroatoms. The van der Waals surface area contributed by atoms with Gasteiger partial charge < -0.3 is 11.1 Å². The van der Waals surface area contributed by atoms with Gasteiger partial charge in [0, 0.05) is 6.54 Å². The van der Waals surface area contributed by atoms with Crippen molar-refractivity contribution in [2.75, 3.05) is 13.2 Å². The first-order chi connectivity index (χ1) is 10.9. The molecule has 1 aliphatic carbocycles. The minimum Gasteiger partial charge on any atom is -0.368 e. The Balaban J connectivity index is 1.71. The lowest BCUT2D eigenvalue weighted by atomic mass is 9.77. The van der Waals surface area contributed by atoms with Crippen LogP contribution >= 0.6 is 0 Å². The minimum atomic E-state index is -0.721. The van der Waals surface area contributed by atoms with E-state index >= 15 is 0 Å². The summed E-state index contributed by atoms with van der Waals surface area (Å²) in [4.78, 5) is 39.9. The molecular weight excluding hydrogens is 296 g/mol. The number of piperidine rings is 1. The summed E-state index contributed by atoms with van der Waals surface area (Å²) in [7, 11) is 0. The number of hydrogen-bond acceptors (Lipinski definition) is 4. The standard InChI is InChI=1S/C16H26N4O3/c1-11-5-7-16(8-6-11)14(22)20(15(23)18-16)10-19-9-3-2-4-12(19)13(17)21/h11-12H,2-10H2,1H3,(H2,17,21)(H,18,23). The number of primary amides is 1. The van der Waals surface area contributed by atoms with E-state index in [4.69, 9.17) is 5.73 Å². The number of carbonyl (C=O) groups is 3. The highest BCUT2D eigenvalue weighted by atomic mass is 16.2. The van der Waals surface area contributed by atoms with E-state index in [0.717, 1.165) is 25.7 Å². The number of amides is 4. The van der Waals surface area contributed by atoms with E-state index in [1.54, 1.807) is 0 Å². The lowest BCUT2D eigenvalue weighted by molar-refractivity contribution is -0.136. The average Bonchev–Trinajstić information content (AvgIpc) is 2.75. The Morgan fingerprint density at radius 1 is 1.26 bits per heavy atom. The number of likely N-dealkylation sites (tertiary alicyclic amines) is 1. The summed E-state index contributed by atoms with van der Waals surface area (Å²) in [6.07, 6.45) is 5.91. The Kier molecular flexibility index (Phi) is 4.31. The number of carbonyl (C=O) groups excluding carboxylic acids is 3. The Morgan fingerprint density at radius 2 is 1.96 bits per heavy atom. The molecule has 0 aromatic heterocycles. The Morgan fingerprint density at radius 3 is 2.61 bits per heavy atom. The largest absolute Gasteiger partial charge is 0.368 e. The van der Waals surface area contributed by atoms with Gasteiger partial charge in [0.25, 0.3) is 5.91 Å². The minimum absolute atomic E-state index is 0.136. The van der Waals surface area contributed by atoms with Crippen LogP contribution in [0.4, 0.5) is 4.79 Å². The van der Waals surface area contributed by atoms with Crippen molar-refractivity contribution in [2.24, 2.45) is 11.7 Å². The van der Waals surface area contributed by atoms with Crippen LogP contribution in [0.1, 0.15) is 51.9 Å². The fourth-order valence-electron chi connectivity index (χ4n) is 4.06. The number of hydrogen-bond donors (Lipinski definition) is 2. The van der Waals surface area contributed by atoms with E-state index in [0.29, 0.717) is 31.7 Å². The maximum Gasteiger partial charge on any atom is 0.326 e. The number of nitrogens with one attached hydrogen (secondary N) is 1. The molecule has 0 radical (unpaired) electrons. The van der Waals surface area contributed by atoms with Crippen molar-refractivity contribution >= 4 is 17.8 Å². The van der Waals surface area contributed by atoms with Gasteiger partial charge in [0.15, 0.2) is 0 Å². The number of rotatable bonds is 3. The van der Waals surface area contributed by atoms with Crippen LogP contribution in [0.15, 0.2) is 0 Å². The van der Waals surface area contributed by atoms with E-state index in [2.05, 4.69) is 12.2 Å². The summed E-state index contributed by atoms with van der Waals surface area (Å²) in [5, 5.41) is 2.92. The van der Waals surface area contributed by atoms with Gasteiger partial charge in [-0.1, -0.05) is 13.3 Å². The van der Waals surface area contributed by atoms with Crippen molar-refractivity contribution in [3.8, 4) is 0 Å². The van der Waals surface area contributed by atoms with E-state index < -0.39 is 5.54 Å². The summed E-state index contributed by atoms with van der Waals surface area (Å²) in [5.41, 5.74) is 4.75. The maximum atomic E-state index is 12.8. The predicted octanol–water partition coefficient (Wildman–Crippen LogP) is 0.784. The number of nitrogens with zero attached hydrogens (tertiary/aromatic N) is 2. The molecule has 1 saturated carbocycles. The summed E-state index contributed by atoms with van der Waals surface area (Å²) in [6, 6.07) is -0.717. The molecule has 3 N–H and O–H groups in total. The van der Waals surface area contributed by atoms with Crippen LogP contribution in [0.3, 0.4) is 0 Å². The van der Waals surface area contributed by atoms with E-state index in [9.17, 15) is 14.4 Å². The van der Waals surface area contributed by atoms with Gasteiger partial charge in [-0.15, -0.1) is 0 Å². The summed E-state index contributed by atoms with van der Waals surface area (Å²) in [5.74, 6) is 0.0851. The third kappa shape index (κ3) is 2.94. The molecule has 3 aliphatic rings. The molecule has 23 heavy (non-hydrogen) atoms. The number of imide groups is 1. The molecule has 1 spiro atoms. The van der Waals surface area contributed by atoms with E-state index in [1.165, 1.54) is 4.90 Å². The highest BCUT2D eigenvalue weighted by Gasteiger charge is 2.52. The molecule has 0 aromatic carbocycles. The molecule has 0 aromatic rings. The van der Waals surface area contributed by atoms with Crippen molar-refractivity contribution in [3.05, 3.63) is 0 Å². The Hall–Kier alpha value is -1.63. The average molecular weight is 322 g/mol. The molecule has 128 valence electrons. The zero-order valence-corrected chi connectivity index (χ0v) is 13.7. The third-order valence-electron chi connectivity index (χ3n) is 5.64. The SMILES string of the molecule is CC1CCC2(CC1)NC(=O)N(CN1CCCCC1C(N)=O)C2=O. The first-order valence-electron chi connectivity index (χ1n) is 8.60. The molecule has 2 heterocycles. The van der Waals surface area contributed by atoms with Crippen molar-refractivity contribution in [2.45, 2.75) is 63.5 Å². The second-order valence-corrected chi connectivity index (χ2v) is 7.30. The van der Waals surface area contributed by atoms with Crippen molar-refractivity contribution < 1.29 is 14.4 Å². The van der Waals surface area contributed by atoms with Gasteiger partial charge in [0.2, 0.25) is 5.91 Å². The maximum absolute atomic E-state index is 12.8. The second-order valence-electron chi connectivity index (χ2n) is 7.30. The van der Waals surface area contributed by atoms with Crippen molar-refractivity contribution in [1.29, 1.82) is 0 Å². The fraction of sp³-hybridized carbons (Fsp3) is 0.812. The number of nitrogens with two attached hydrogens (primary N) is 1. The molecule has 2 aliphatic heterocycles. The Labute approximate surface area is 136 Å².